The van der Waals surface area contributed by atoms with Gasteiger partial charge in [0.1, 0.15) is 11.6 Å². The number of nitrogens with one attached hydrogen (secondary N) is 1. The number of likely N-dealkylation sites (N-methyl/N-ethyl adjacent to an activating group) is 1. The van der Waals surface area contributed by atoms with Crippen LogP contribution in [0.4, 0.5) is 4.79 Å². The van der Waals surface area contributed by atoms with Gasteiger partial charge in [-0.15, -0.1) is 0 Å². The number of ketones is 4. The van der Waals surface area contributed by atoms with Gasteiger partial charge in [-0.05, 0) is 54.5 Å². The zero-order chi connectivity index (χ0) is 31.7. The number of hydrogen-bond donors (Lipinski definition) is 1. The maximum atomic E-state index is 13.9. The van der Waals surface area contributed by atoms with E-state index in [1.54, 1.807) is 34.7 Å². The molecular weight excluding hydrogens is 556 g/mol. The van der Waals surface area contributed by atoms with E-state index in [-0.39, 0.29) is 70.3 Å². The quantitative estimate of drug-likeness (QED) is 0.474. The normalized spacial score (nSPS) is 29.7. The number of carbonyl (C=O) groups excluding carboxylic acids is 5. The number of fused-ring (bicyclic) bond motifs is 5. The van der Waals surface area contributed by atoms with Gasteiger partial charge in [0.05, 0.1) is 32.4 Å². The van der Waals surface area contributed by atoms with E-state index in [1.807, 2.05) is 9.80 Å². The average Bonchev–Trinajstić information content (AvgIpc) is 2.93. The number of ether oxygens (including phenoxy) is 3. The number of methoxy groups -OCH3 is 2. The summed E-state index contributed by atoms with van der Waals surface area (Å²) in [5.41, 5.74) is 0.605. The highest BCUT2D eigenvalue weighted by Gasteiger charge is 2.59. The molecule has 0 aromatic rings. The van der Waals surface area contributed by atoms with Crippen molar-refractivity contribution in [3.05, 3.63) is 45.0 Å². The molecule has 0 spiro atoms. The van der Waals surface area contributed by atoms with Crippen molar-refractivity contribution in [1.29, 1.82) is 5.26 Å². The van der Waals surface area contributed by atoms with E-state index in [0.29, 0.717) is 5.57 Å². The van der Waals surface area contributed by atoms with Crippen LogP contribution in [0.15, 0.2) is 45.0 Å². The molecular formula is C31H36N4O8. The van der Waals surface area contributed by atoms with E-state index in [4.69, 9.17) is 14.2 Å². The molecule has 0 saturated carbocycles. The highest BCUT2D eigenvalue weighted by molar-refractivity contribution is 6.26. The summed E-state index contributed by atoms with van der Waals surface area (Å²) in [5, 5.41) is 13.3. The highest BCUT2D eigenvalue weighted by Crippen LogP contribution is 2.49. The van der Waals surface area contributed by atoms with Crippen LogP contribution < -0.4 is 5.32 Å². The molecule has 1 saturated heterocycles. The minimum absolute atomic E-state index is 0.0316. The Morgan fingerprint density at radius 3 is 1.93 bits per heavy atom. The summed E-state index contributed by atoms with van der Waals surface area (Å²) in [7, 11) is 4.46. The van der Waals surface area contributed by atoms with Crippen molar-refractivity contribution in [3.8, 4) is 6.07 Å². The fourth-order valence-corrected chi connectivity index (χ4v) is 7.31. The molecule has 0 unspecified atom stereocenters. The van der Waals surface area contributed by atoms with Crippen molar-refractivity contribution in [1.82, 2.24) is 15.1 Å². The highest BCUT2D eigenvalue weighted by atomic mass is 16.6. The van der Waals surface area contributed by atoms with Crippen LogP contribution in [0.25, 0.3) is 0 Å². The fraction of sp³-hybridized carbons (Fsp3) is 0.548. The summed E-state index contributed by atoms with van der Waals surface area (Å²) in [6.45, 7) is 8.08. The first-order chi connectivity index (χ1) is 20.2. The van der Waals surface area contributed by atoms with Crippen LogP contribution in [0.2, 0.25) is 0 Å². The van der Waals surface area contributed by atoms with E-state index >= 15 is 0 Å². The third-order valence-electron chi connectivity index (χ3n) is 9.05. The summed E-state index contributed by atoms with van der Waals surface area (Å²) in [6.07, 6.45) is -0.549. The number of Topliss-reactive ketones (excluding diaryl/α,β-unsaturated/α-hetero) is 4. The molecule has 12 heteroatoms. The van der Waals surface area contributed by atoms with E-state index in [1.165, 1.54) is 21.1 Å². The topological polar surface area (TPSA) is 155 Å². The Hall–Kier alpha value is -4.08. The lowest BCUT2D eigenvalue weighted by molar-refractivity contribution is -0.125. The number of hydrogen-bond acceptors (Lipinski definition) is 11. The number of rotatable bonds is 4. The van der Waals surface area contributed by atoms with Gasteiger partial charge in [0.15, 0.2) is 23.1 Å². The second-order valence-corrected chi connectivity index (χ2v) is 12.5. The molecule has 5 aliphatic rings. The van der Waals surface area contributed by atoms with E-state index in [9.17, 15) is 29.2 Å². The molecule has 0 radical (unpaired) electrons. The van der Waals surface area contributed by atoms with E-state index in [0.717, 1.165) is 0 Å². The lowest BCUT2D eigenvalue weighted by Gasteiger charge is -2.60. The molecule has 3 aliphatic heterocycles. The first kappa shape index (κ1) is 30.4. The molecule has 1 N–H and O–H groups in total. The molecule has 228 valence electrons. The number of amides is 1. The van der Waals surface area contributed by atoms with Crippen LogP contribution in [0, 0.1) is 11.3 Å². The van der Waals surface area contributed by atoms with Crippen LogP contribution in [-0.4, -0.2) is 103 Å². The maximum Gasteiger partial charge on any atom is 0.407 e. The van der Waals surface area contributed by atoms with Crippen LogP contribution in [0.1, 0.15) is 47.5 Å². The molecule has 1 amide bonds. The molecule has 2 bridgehead atoms. The first-order valence-corrected chi connectivity index (χ1v) is 14.2. The molecule has 0 aromatic carbocycles. The number of nitrogens with zero attached hydrogens (tertiary/aromatic N) is 3. The van der Waals surface area contributed by atoms with Crippen molar-refractivity contribution >= 4 is 29.2 Å². The monoisotopic (exact) mass is 592 g/mol. The molecule has 12 nitrogen and oxygen atoms in total. The van der Waals surface area contributed by atoms with E-state index in [2.05, 4.69) is 11.4 Å². The van der Waals surface area contributed by atoms with Crippen molar-refractivity contribution in [3.63, 3.8) is 0 Å². The van der Waals surface area contributed by atoms with Crippen molar-refractivity contribution in [2.24, 2.45) is 0 Å². The lowest BCUT2D eigenvalue weighted by Crippen LogP contribution is -2.74. The zero-order valence-corrected chi connectivity index (χ0v) is 25.6. The Kier molecular flexibility index (Phi) is 7.47. The molecule has 43 heavy (non-hydrogen) atoms. The number of nitriles is 1. The van der Waals surface area contributed by atoms with Gasteiger partial charge < -0.3 is 19.5 Å². The number of piperazine rings is 1. The van der Waals surface area contributed by atoms with Gasteiger partial charge in [-0.2, -0.15) is 5.26 Å². The number of alkyl carbamates (subject to hydrolysis) is 1. The third kappa shape index (κ3) is 4.53. The number of carbonyl (C=O) groups is 5. The van der Waals surface area contributed by atoms with Crippen molar-refractivity contribution < 1.29 is 38.2 Å². The zero-order valence-electron chi connectivity index (χ0n) is 25.6. The van der Waals surface area contributed by atoms with Gasteiger partial charge in [0.25, 0.3) is 0 Å². The SMILES string of the molecule is COC1=C(C)C(=O)C2=C(C1=O)[C@@H]1[C@@H]3CC4=C(C(=O)C(OC)=C(C)C4=O)[C@H](CNC(=O)OC(C)(C)C)N3[C@@H](C#N)[C@H](C2)N1C. The molecule has 5 rings (SSSR count). The summed E-state index contributed by atoms with van der Waals surface area (Å²) in [4.78, 5) is 71.5. The Morgan fingerprint density at radius 1 is 0.907 bits per heavy atom. The van der Waals surface area contributed by atoms with Crippen LogP contribution in [0.3, 0.4) is 0 Å². The standard InChI is InChI=1S/C31H36N4O8/c1-13-24(36)15-10-18-23-22-16(25(37)14(2)29(42-8)27(22)39)9-17(34(23)6)19(11-32)35(18)20(21(15)26(38)28(13)41-7)12-33-30(40)43-31(3,4)5/h17-20,23H,9-10,12H2,1-8H3,(H,33,40)/t17-,18-,19-,20-,23-/m0/s1. The summed E-state index contributed by atoms with van der Waals surface area (Å²) < 4.78 is 16.1. The Morgan fingerprint density at radius 2 is 1.42 bits per heavy atom. The van der Waals surface area contributed by atoms with Gasteiger partial charge in [-0.25, -0.2) is 4.79 Å². The Balaban J connectivity index is 1.68. The van der Waals surface area contributed by atoms with Gasteiger partial charge in [0, 0.05) is 52.1 Å². The molecule has 1 fully saturated rings. The Labute approximate surface area is 250 Å². The smallest absolute Gasteiger partial charge is 0.407 e. The summed E-state index contributed by atoms with van der Waals surface area (Å²) in [5.74, 6) is -1.70. The van der Waals surface area contributed by atoms with Gasteiger partial charge in [-0.1, -0.05) is 0 Å². The number of allylic oxidation sites excluding steroid dienone is 4. The predicted octanol–water partition coefficient (Wildman–Crippen LogP) is 1.67. The molecule has 0 aromatic heterocycles. The molecule has 2 aliphatic carbocycles. The molecule has 5 atom stereocenters. The maximum absolute atomic E-state index is 13.9. The third-order valence-corrected chi connectivity index (χ3v) is 9.05. The second-order valence-electron chi connectivity index (χ2n) is 12.5. The van der Waals surface area contributed by atoms with Gasteiger partial charge >= 0.3 is 6.09 Å². The van der Waals surface area contributed by atoms with Crippen LogP contribution >= 0.6 is 0 Å². The Bertz CT molecular complexity index is 1530. The fourth-order valence-electron chi connectivity index (χ4n) is 7.31. The first-order valence-electron chi connectivity index (χ1n) is 14.2. The minimum Gasteiger partial charge on any atom is -0.492 e. The summed E-state index contributed by atoms with van der Waals surface area (Å²) in [6, 6.07) is -1.27. The van der Waals surface area contributed by atoms with Crippen LogP contribution in [-0.2, 0) is 33.4 Å². The lowest BCUT2D eigenvalue weighted by atomic mass is 9.67. The van der Waals surface area contributed by atoms with Crippen LogP contribution in [0.5, 0.6) is 0 Å². The van der Waals surface area contributed by atoms with Gasteiger partial charge in [0.2, 0.25) is 11.6 Å². The largest absolute Gasteiger partial charge is 0.492 e. The average molecular weight is 593 g/mol. The summed E-state index contributed by atoms with van der Waals surface area (Å²) >= 11 is 0. The molecule has 3 heterocycles. The van der Waals surface area contributed by atoms with Crippen molar-refractivity contribution in [2.45, 2.75) is 83.3 Å². The van der Waals surface area contributed by atoms with Crippen molar-refractivity contribution in [2.75, 3.05) is 27.8 Å². The van der Waals surface area contributed by atoms with E-state index < -0.39 is 53.5 Å². The predicted molar refractivity (Wildman–Crippen MR) is 151 cm³/mol. The minimum atomic E-state index is -0.921. The second kappa shape index (κ2) is 10.6. The van der Waals surface area contributed by atoms with Gasteiger partial charge in [-0.3, -0.25) is 29.0 Å².